The van der Waals surface area contributed by atoms with Gasteiger partial charge >= 0.3 is 6.03 Å². The SMILES string of the molecule is Cc1cc(NC(=O)NC[C@@H](CO)Cc2ccsc2)n(C2CCCCC2)n1. The standard InChI is InChI=1S/C19H28N4O2S/c1-14-9-18(23(22-14)17-5-3-2-4-6-17)21-19(25)20-11-16(12-24)10-15-7-8-26-13-15/h7-9,13,16-17,24H,2-6,10-12H2,1H3,(H2,20,21,25)/t16-/m0/s1. The van der Waals surface area contributed by atoms with Crippen LogP contribution >= 0.6 is 11.3 Å². The third kappa shape index (κ3) is 5.08. The zero-order chi connectivity index (χ0) is 18.4. The maximum Gasteiger partial charge on any atom is 0.320 e. The normalized spacial score (nSPS) is 16.4. The number of nitrogens with one attached hydrogen (secondary N) is 2. The molecule has 0 bridgehead atoms. The molecule has 0 saturated heterocycles. The van der Waals surface area contributed by atoms with Gasteiger partial charge in [0.1, 0.15) is 5.82 Å². The van der Waals surface area contributed by atoms with Crippen molar-refractivity contribution >= 4 is 23.2 Å². The van der Waals surface area contributed by atoms with E-state index in [4.69, 9.17) is 0 Å². The fourth-order valence-corrected chi connectivity index (χ4v) is 4.24. The average Bonchev–Trinajstić information content (AvgIpc) is 3.29. The van der Waals surface area contributed by atoms with Crippen molar-refractivity contribution in [2.45, 2.75) is 51.5 Å². The highest BCUT2D eigenvalue weighted by atomic mass is 32.1. The molecule has 142 valence electrons. The second-order valence-corrected chi connectivity index (χ2v) is 7.91. The fourth-order valence-electron chi connectivity index (χ4n) is 3.55. The number of aromatic nitrogens is 2. The Kier molecular flexibility index (Phi) is 6.68. The number of carbonyl (C=O) groups is 1. The number of amides is 2. The summed E-state index contributed by atoms with van der Waals surface area (Å²) in [5.41, 5.74) is 2.11. The monoisotopic (exact) mass is 376 g/mol. The summed E-state index contributed by atoms with van der Waals surface area (Å²) in [6.07, 6.45) is 6.72. The number of carbonyl (C=O) groups excluding carboxylic acids is 1. The summed E-state index contributed by atoms with van der Waals surface area (Å²) < 4.78 is 1.98. The lowest BCUT2D eigenvalue weighted by molar-refractivity contribution is 0.218. The lowest BCUT2D eigenvalue weighted by Gasteiger charge is -2.24. The first-order chi connectivity index (χ1) is 12.7. The van der Waals surface area contributed by atoms with Crippen molar-refractivity contribution in [3.8, 4) is 0 Å². The first-order valence-electron chi connectivity index (χ1n) is 9.38. The van der Waals surface area contributed by atoms with Crippen molar-refractivity contribution in [2.75, 3.05) is 18.5 Å². The molecule has 0 radical (unpaired) electrons. The summed E-state index contributed by atoms with van der Waals surface area (Å²) in [4.78, 5) is 12.3. The molecule has 1 aliphatic rings. The summed E-state index contributed by atoms with van der Waals surface area (Å²) in [5.74, 6) is 0.769. The molecule has 0 aliphatic heterocycles. The van der Waals surface area contributed by atoms with Crippen molar-refractivity contribution in [1.82, 2.24) is 15.1 Å². The lowest BCUT2D eigenvalue weighted by atomic mass is 9.96. The van der Waals surface area contributed by atoms with E-state index in [1.807, 2.05) is 23.1 Å². The molecule has 2 aromatic rings. The molecule has 1 fully saturated rings. The number of rotatable bonds is 7. The van der Waals surface area contributed by atoms with Gasteiger partial charge in [-0.1, -0.05) is 19.3 Å². The number of aryl methyl sites for hydroxylation is 1. The molecular formula is C19H28N4O2S. The van der Waals surface area contributed by atoms with Gasteiger partial charge in [-0.3, -0.25) is 5.32 Å². The Balaban J connectivity index is 1.54. The number of hydrogen-bond donors (Lipinski definition) is 3. The molecule has 0 unspecified atom stereocenters. The van der Waals surface area contributed by atoms with E-state index in [2.05, 4.69) is 27.2 Å². The number of urea groups is 1. The summed E-state index contributed by atoms with van der Waals surface area (Å²) in [6.45, 7) is 2.44. The van der Waals surface area contributed by atoms with Gasteiger partial charge < -0.3 is 10.4 Å². The van der Waals surface area contributed by atoms with Gasteiger partial charge in [-0.15, -0.1) is 0 Å². The van der Waals surface area contributed by atoms with Crippen LogP contribution in [0.3, 0.4) is 0 Å². The first-order valence-corrected chi connectivity index (χ1v) is 10.3. The van der Waals surface area contributed by atoms with E-state index < -0.39 is 0 Å². The largest absolute Gasteiger partial charge is 0.396 e. The number of aliphatic hydroxyl groups excluding tert-OH is 1. The van der Waals surface area contributed by atoms with E-state index in [9.17, 15) is 9.90 Å². The topological polar surface area (TPSA) is 79.2 Å². The highest BCUT2D eigenvalue weighted by Crippen LogP contribution is 2.30. The van der Waals surface area contributed by atoms with E-state index in [0.29, 0.717) is 12.6 Å². The Morgan fingerprint density at radius 2 is 2.23 bits per heavy atom. The predicted molar refractivity (Wildman–Crippen MR) is 105 cm³/mol. The Morgan fingerprint density at radius 3 is 2.92 bits per heavy atom. The molecule has 1 atom stereocenters. The summed E-state index contributed by atoms with van der Waals surface area (Å²) in [5, 5.41) is 24.1. The molecule has 2 amide bonds. The minimum absolute atomic E-state index is 0.0142. The van der Waals surface area contributed by atoms with Crippen LogP contribution in [0.2, 0.25) is 0 Å². The maximum absolute atomic E-state index is 12.3. The molecule has 3 rings (SSSR count). The number of anilines is 1. The van der Waals surface area contributed by atoms with E-state index in [1.54, 1.807) is 11.3 Å². The van der Waals surface area contributed by atoms with Gasteiger partial charge in [0, 0.05) is 25.1 Å². The van der Waals surface area contributed by atoms with Gasteiger partial charge in [0.05, 0.1) is 11.7 Å². The molecule has 2 aromatic heterocycles. The summed E-state index contributed by atoms with van der Waals surface area (Å²) >= 11 is 1.64. The number of nitrogens with zero attached hydrogens (tertiary/aromatic N) is 2. The van der Waals surface area contributed by atoms with Gasteiger partial charge in [-0.05, 0) is 48.6 Å². The Bertz CT molecular complexity index is 692. The number of thiophene rings is 1. The molecule has 3 N–H and O–H groups in total. The van der Waals surface area contributed by atoms with Gasteiger partial charge in [0.15, 0.2) is 0 Å². The van der Waals surface area contributed by atoms with Crippen LogP contribution in [0, 0.1) is 12.8 Å². The van der Waals surface area contributed by atoms with E-state index in [0.717, 1.165) is 30.8 Å². The van der Waals surface area contributed by atoms with Crippen molar-refractivity contribution in [3.63, 3.8) is 0 Å². The summed E-state index contributed by atoms with van der Waals surface area (Å²) in [7, 11) is 0. The van der Waals surface area contributed by atoms with Crippen molar-refractivity contribution < 1.29 is 9.90 Å². The highest BCUT2D eigenvalue weighted by Gasteiger charge is 2.20. The van der Waals surface area contributed by atoms with Crippen LogP contribution in [-0.4, -0.2) is 34.1 Å². The van der Waals surface area contributed by atoms with Crippen LogP contribution in [-0.2, 0) is 6.42 Å². The number of hydrogen-bond acceptors (Lipinski definition) is 4. The second kappa shape index (κ2) is 9.19. The van der Waals surface area contributed by atoms with Crippen LogP contribution in [0.1, 0.15) is 49.4 Å². The van der Waals surface area contributed by atoms with Crippen LogP contribution in [0.4, 0.5) is 10.6 Å². The molecule has 0 spiro atoms. The van der Waals surface area contributed by atoms with Crippen molar-refractivity contribution in [1.29, 1.82) is 0 Å². The molecule has 1 saturated carbocycles. The van der Waals surface area contributed by atoms with Crippen LogP contribution in [0.25, 0.3) is 0 Å². The van der Waals surface area contributed by atoms with Crippen LogP contribution < -0.4 is 10.6 Å². The molecule has 26 heavy (non-hydrogen) atoms. The van der Waals surface area contributed by atoms with Gasteiger partial charge in [0.25, 0.3) is 0 Å². The van der Waals surface area contributed by atoms with E-state index in [1.165, 1.54) is 24.8 Å². The molecule has 2 heterocycles. The second-order valence-electron chi connectivity index (χ2n) is 7.13. The zero-order valence-corrected chi connectivity index (χ0v) is 16.1. The zero-order valence-electron chi connectivity index (χ0n) is 15.3. The number of aliphatic hydroxyl groups is 1. The minimum atomic E-state index is -0.245. The quantitative estimate of drug-likeness (QED) is 0.689. The summed E-state index contributed by atoms with van der Waals surface area (Å²) in [6, 6.07) is 4.10. The van der Waals surface area contributed by atoms with Crippen LogP contribution in [0.5, 0.6) is 0 Å². The minimum Gasteiger partial charge on any atom is -0.396 e. The third-order valence-corrected chi connectivity index (χ3v) is 5.67. The maximum atomic E-state index is 12.3. The van der Waals surface area contributed by atoms with E-state index >= 15 is 0 Å². The molecule has 7 heteroatoms. The first kappa shape index (κ1) is 18.9. The average molecular weight is 377 g/mol. The lowest BCUT2D eigenvalue weighted by Crippen LogP contribution is -2.35. The Labute approximate surface area is 158 Å². The highest BCUT2D eigenvalue weighted by molar-refractivity contribution is 7.07. The predicted octanol–water partition coefficient (Wildman–Crippen LogP) is 3.73. The Morgan fingerprint density at radius 1 is 1.42 bits per heavy atom. The molecule has 1 aliphatic carbocycles. The van der Waals surface area contributed by atoms with Gasteiger partial charge in [0.2, 0.25) is 0 Å². The molecular weight excluding hydrogens is 348 g/mol. The fraction of sp³-hybridized carbons (Fsp3) is 0.579. The van der Waals surface area contributed by atoms with Crippen LogP contribution in [0.15, 0.2) is 22.9 Å². The van der Waals surface area contributed by atoms with Crippen molar-refractivity contribution in [3.05, 3.63) is 34.2 Å². The van der Waals surface area contributed by atoms with Crippen molar-refractivity contribution in [2.24, 2.45) is 5.92 Å². The molecule has 0 aromatic carbocycles. The van der Waals surface area contributed by atoms with Gasteiger partial charge in [-0.25, -0.2) is 9.48 Å². The molecule has 6 nitrogen and oxygen atoms in total. The third-order valence-electron chi connectivity index (χ3n) is 4.93. The van der Waals surface area contributed by atoms with Gasteiger partial charge in [-0.2, -0.15) is 16.4 Å². The van der Waals surface area contributed by atoms with E-state index in [-0.39, 0.29) is 18.6 Å². The Hall–Kier alpha value is -1.86. The smallest absolute Gasteiger partial charge is 0.320 e.